The average molecular weight is 458 g/mol. The van der Waals surface area contributed by atoms with E-state index in [9.17, 15) is 27.6 Å². The second kappa shape index (κ2) is 10.7. The molecule has 1 aliphatic heterocycles. The van der Waals surface area contributed by atoms with Gasteiger partial charge in [0.1, 0.15) is 5.60 Å². The number of rotatable bonds is 6. The molecule has 3 amide bonds. The highest BCUT2D eigenvalue weighted by molar-refractivity contribution is 6.04. The second-order valence-corrected chi connectivity index (χ2v) is 8.57. The largest absolute Gasteiger partial charge is 0.444 e. The first kappa shape index (κ1) is 25.4. The molecule has 0 unspecified atom stereocenters. The minimum Gasteiger partial charge on any atom is -0.444 e. The Morgan fingerprint density at radius 1 is 1.09 bits per heavy atom. The predicted molar refractivity (Wildman–Crippen MR) is 112 cm³/mol. The van der Waals surface area contributed by atoms with E-state index in [1.165, 1.54) is 0 Å². The lowest BCUT2D eigenvalue weighted by molar-refractivity contribution is -0.137. The van der Waals surface area contributed by atoms with E-state index < -0.39 is 47.4 Å². The molecule has 11 heteroatoms. The Labute approximate surface area is 184 Å². The second-order valence-electron chi connectivity index (χ2n) is 8.57. The monoisotopic (exact) mass is 458 g/mol. The maximum Gasteiger partial charge on any atom is 0.416 e. The van der Waals surface area contributed by atoms with Crippen molar-refractivity contribution in [3.8, 4) is 0 Å². The Hall–Kier alpha value is -2.82. The van der Waals surface area contributed by atoms with Crippen LogP contribution >= 0.6 is 0 Å². The van der Waals surface area contributed by atoms with Gasteiger partial charge in [-0.15, -0.1) is 0 Å². The minimum absolute atomic E-state index is 0.167. The van der Waals surface area contributed by atoms with Gasteiger partial charge in [-0.2, -0.15) is 13.2 Å². The third kappa shape index (κ3) is 8.37. The van der Waals surface area contributed by atoms with Gasteiger partial charge in [-0.1, -0.05) is 0 Å². The Morgan fingerprint density at radius 3 is 2.34 bits per heavy atom. The summed E-state index contributed by atoms with van der Waals surface area (Å²) in [4.78, 5) is 36.6. The van der Waals surface area contributed by atoms with Crippen LogP contribution in [0.3, 0.4) is 0 Å². The molecule has 1 saturated heterocycles. The van der Waals surface area contributed by atoms with Crippen LogP contribution in [0, 0.1) is 5.92 Å². The third-order valence-corrected chi connectivity index (χ3v) is 4.68. The third-order valence-electron chi connectivity index (χ3n) is 4.68. The van der Waals surface area contributed by atoms with Gasteiger partial charge in [0.05, 0.1) is 23.4 Å². The lowest BCUT2D eigenvalue weighted by atomic mass is 9.98. The zero-order valence-electron chi connectivity index (χ0n) is 18.3. The maximum atomic E-state index is 13.1. The Morgan fingerprint density at radius 2 is 1.75 bits per heavy atom. The molecule has 0 radical (unpaired) electrons. The molecule has 0 aromatic heterocycles. The number of alkyl halides is 3. The highest BCUT2D eigenvalue weighted by Crippen LogP contribution is 2.32. The highest BCUT2D eigenvalue weighted by atomic mass is 19.4. The molecular weight excluding hydrogens is 429 g/mol. The average Bonchev–Trinajstić information content (AvgIpc) is 2.69. The fourth-order valence-corrected chi connectivity index (χ4v) is 3.09. The first-order valence-corrected chi connectivity index (χ1v) is 10.3. The topological polar surface area (TPSA) is 109 Å². The molecule has 1 heterocycles. The molecule has 4 N–H and O–H groups in total. The summed E-state index contributed by atoms with van der Waals surface area (Å²) in [6.07, 6.45) is -3.76. The fourth-order valence-electron chi connectivity index (χ4n) is 3.09. The highest BCUT2D eigenvalue weighted by Gasteiger charge is 2.32. The maximum absolute atomic E-state index is 13.1. The summed E-state index contributed by atoms with van der Waals surface area (Å²) in [6, 6.07) is 2.34. The first-order chi connectivity index (χ1) is 14.8. The molecule has 0 aliphatic carbocycles. The number of nitrogens with one attached hydrogen (secondary N) is 4. The zero-order chi connectivity index (χ0) is 23.9. The molecule has 1 fully saturated rings. The molecule has 0 saturated carbocycles. The molecule has 1 aromatic carbocycles. The number of anilines is 1. The van der Waals surface area contributed by atoms with Crippen molar-refractivity contribution in [2.75, 3.05) is 31.5 Å². The summed E-state index contributed by atoms with van der Waals surface area (Å²) in [5.41, 5.74) is -2.50. The fraction of sp³-hybridized carbons (Fsp3) is 0.571. The number of carbonyl (C=O) groups is 3. The van der Waals surface area contributed by atoms with E-state index >= 15 is 0 Å². The minimum atomic E-state index is -4.69. The van der Waals surface area contributed by atoms with Gasteiger partial charge in [-0.25, -0.2) is 4.79 Å². The summed E-state index contributed by atoms with van der Waals surface area (Å²) in [5.74, 6) is -1.05. The van der Waals surface area contributed by atoms with E-state index in [2.05, 4.69) is 21.3 Å². The number of hydrogen-bond acceptors (Lipinski definition) is 5. The molecule has 8 nitrogen and oxygen atoms in total. The van der Waals surface area contributed by atoms with E-state index in [1.54, 1.807) is 20.8 Å². The van der Waals surface area contributed by atoms with Crippen LogP contribution in [0.5, 0.6) is 0 Å². The van der Waals surface area contributed by atoms with Crippen molar-refractivity contribution in [2.24, 2.45) is 5.92 Å². The van der Waals surface area contributed by atoms with Gasteiger partial charge in [0.25, 0.3) is 5.91 Å². The van der Waals surface area contributed by atoms with E-state index in [1.807, 2.05) is 0 Å². The van der Waals surface area contributed by atoms with Crippen LogP contribution in [0.4, 0.5) is 23.7 Å². The summed E-state index contributed by atoms with van der Waals surface area (Å²) in [6.45, 7) is 6.66. The molecule has 2 rings (SSSR count). The number of halogens is 3. The lowest BCUT2D eigenvalue weighted by Gasteiger charge is -2.22. The number of amides is 3. The van der Waals surface area contributed by atoms with Crippen molar-refractivity contribution >= 4 is 23.6 Å². The van der Waals surface area contributed by atoms with E-state index in [0.29, 0.717) is 18.5 Å². The number of ether oxygens (including phenoxy) is 1. The molecule has 32 heavy (non-hydrogen) atoms. The van der Waals surface area contributed by atoms with Crippen LogP contribution in [-0.4, -0.2) is 49.7 Å². The van der Waals surface area contributed by atoms with Crippen molar-refractivity contribution < 1.29 is 32.3 Å². The van der Waals surface area contributed by atoms with Gasteiger partial charge in [-0.05, 0) is 70.8 Å². The molecule has 1 aliphatic rings. The summed E-state index contributed by atoms with van der Waals surface area (Å²) >= 11 is 0. The van der Waals surface area contributed by atoms with Gasteiger partial charge in [0.2, 0.25) is 5.91 Å². The molecular formula is C21H29F3N4O4. The number of carbonyl (C=O) groups excluding carboxylic acids is 3. The Kier molecular flexibility index (Phi) is 8.48. The standard InChI is InChI=1S/C21H29F3N4O4/c1-20(2,3)32-19(31)28-16-5-4-14(21(22,23)24)10-15(16)18(30)27-12-17(29)26-11-13-6-8-25-9-7-13/h4-5,10,13,25H,6-9,11-12H2,1-3H3,(H,26,29)(H,27,30)(H,28,31). The number of piperidine rings is 1. The molecule has 0 atom stereocenters. The van der Waals surface area contributed by atoms with Crippen LogP contribution in [-0.2, 0) is 15.7 Å². The summed E-state index contributed by atoms with van der Waals surface area (Å²) < 4.78 is 44.5. The SMILES string of the molecule is CC(C)(C)OC(=O)Nc1ccc(C(F)(F)F)cc1C(=O)NCC(=O)NCC1CCNCC1. The molecule has 1 aromatic rings. The van der Waals surface area contributed by atoms with Crippen LogP contribution in [0.1, 0.15) is 49.5 Å². The van der Waals surface area contributed by atoms with Crippen molar-refractivity contribution in [1.29, 1.82) is 0 Å². The van der Waals surface area contributed by atoms with Crippen LogP contribution in [0.15, 0.2) is 18.2 Å². The molecule has 178 valence electrons. The van der Waals surface area contributed by atoms with Crippen molar-refractivity contribution in [2.45, 2.75) is 45.4 Å². The van der Waals surface area contributed by atoms with Crippen molar-refractivity contribution in [3.05, 3.63) is 29.3 Å². The van der Waals surface area contributed by atoms with Crippen molar-refractivity contribution in [1.82, 2.24) is 16.0 Å². The Balaban J connectivity index is 2.05. The van der Waals surface area contributed by atoms with Gasteiger partial charge < -0.3 is 20.7 Å². The van der Waals surface area contributed by atoms with Crippen LogP contribution in [0.2, 0.25) is 0 Å². The normalized spacial score (nSPS) is 15.1. The molecule has 0 spiro atoms. The van der Waals surface area contributed by atoms with Crippen LogP contribution < -0.4 is 21.3 Å². The summed E-state index contributed by atoms with van der Waals surface area (Å²) in [5, 5.41) is 10.5. The van der Waals surface area contributed by atoms with Gasteiger partial charge in [-0.3, -0.25) is 14.9 Å². The predicted octanol–water partition coefficient (Wildman–Crippen LogP) is 2.90. The van der Waals surface area contributed by atoms with Gasteiger partial charge in [0.15, 0.2) is 0 Å². The summed E-state index contributed by atoms with van der Waals surface area (Å²) in [7, 11) is 0. The van der Waals surface area contributed by atoms with E-state index in [0.717, 1.165) is 38.1 Å². The van der Waals surface area contributed by atoms with Gasteiger partial charge in [0, 0.05) is 6.54 Å². The van der Waals surface area contributed by atoms with E-state index in [4.69, 9.17) is 4.74 Å². The van der Waals surface area contributed by atoms with Gasteiger partial charge >= 0.3 is 12.3 Å². The Bertz CT molecular complexity index is 831. The first-order valence-electron chi connectivity index (χ1n) is 10.3. The zero-order valence-corrected chi connectivity index (χ0v) is 18.3. The lowest BCUT2D eigenvalue weighted by Crippen LogP contribution is -2.41. The smallest absolute Gasteiger partial charge is 0.416 e. The van der Waals surface area contributed by atoms with Crippen LogP contribution in [0.25, 0.3) is 0 Å². The molecule has 0 bridgehead atoms. The number of benzene rings is 1. The number of hydrogen-bond donors (Lipinski definition) is 4. The van der Waals surface area contributed by atoms with E-state index in [-0.39, 0.29) is 5.69 Å². The van der Waals surface area contributed by atoms with Crippen molar-refractivity contribution in [3.63, 3.8) is 0 Å². The quantitative estimate of drug-likeness (QED) is 0.524.